The van der Waals surface area contributed by atoms with Crippen LogP contribution in [0, 0.1) is 0 Å². The number of piperidine rings is 1. The van der Waals surface area contributed by atoms with Gasteiger partial charge in [-0.1, -0.05) is 60.7 Å². The van der Waals surface area contributed by atoms with Crippen LogP contribution in [0.3, 0.4) is 0 Å². The van der Waals surface area contributed by atoms with E-state index in [2.05, 4.69) is 0 Å². The van der Waals surface area contributed by atoms with E-state index in [-0.39, 0.29) is 24.6 Å². The normalized spacial score (nSPS) is 15.8. The molecule has 4 rings (SSSR count). The summed E-state index contributed by atoms with van der Waals surface area (Å²) in [6.45, 7) is 0.449. The van der Waals surface area contributed by atoms with Crippen LogP contribution in [0.1, 0.15) is 34.3 Å². The van der Waals surface area contributed by atoms with Gasteiger partial charge >= 0.3 is 11.9 Å². The minimum atomic E-state index is -3.65. The highest BCUT2D eigenvalue weighted by Gasteiger charge is 2.46. The molecule has 0 radical (unpaired) electrons. The van der Waals surface area contributed by atoms with Crippen molar-refractivity contribution in [3.8, 4) is 0 Å². The molecule has 0 aromatic heterocycles. The number of carbonyl (C=O) groups excluding carboxylic acids is 2. The topological polar surface area (TPSA) is 90.0 Å². The minimum absolute atomic E-state index is 0.0426. The fourth-order valence-electron chi connectivity index (χ4n) is 4.36. The first-order chi connectivity index (χ1) is 16.9. The Labute approximate surface area is 205 Å². The maximum atomic E-state index is 13.5. The number of esters is 2. The lowest BCUT2D eigenvalue weighted by Crippen LogP contribution is -2.49. The van der Waals surface area contributed by atoms with Gasteiger partial charge in [-0.2, -0.15) is 4.31 Å². The molecule has 0 saturated carbocycles. The second-order valence-corrected chi connectivity index (χ2v) is 10.4. The van der Waals surface area contributed by atoms with E-state index >= 15 is 0 Å². The quantitative estimate of drug-likeness (QED) is 0.463. The molecule has 0 spiro atoms. The van der Waals surface area contributed by atoms with Gasteiger partial charge in [0.25, 0.3) is 0 Å². The number of rotatable bonds is 7. The van der Waals surface area contributed by atoms with Crippen LogP contribution in [-0.2, 0) is 36.3 Å². The lowest BCUT2D eigenvalue weighted by atomic mass is 9.73. The van der Waals surface area contributed by atoms with Crippen molar-refractivity contribution in [1.82, 2.24) is 4.31 Å². The number of benzene rings is 3. The number of ether oxygens (including phenoxy) is 2. The second kappa shape index (κ2) is 10.4. The molecule has 0 bridgehead atoms. The number of hydrogen-bond donors (Lipinski definition) is 0. The van der Waals surface area contributed by atoms with E-state index in [0.717, 1.165) is 11.1 Å². The van der Waals surface area contributed by atoms with Crippen LogP contribution >= 0.6 is 0 Å². The van der Waals surface area contributed by atoms with Crippen LogP contribution in [0.4, 0.5) is 0 Å². The molecule has 1 aliphatic rings. The summed E-state index contributed by atoms with van der Waals surface area (Å²) in [5, 5.41) is 0. The molecule has 182 valence electrons. The SMILES string of the molecule is COC(=O)c1ccc(COC(=O)C2(c3ccccc3)CCN(S(=O)(=O)c3ccccc3)CC2)cc1. The molecule has 35 heavy (non-hydrogen) atoms. The molecule has 0 atom stereocenters. The van der Waals surface area contributed by atoms with Crippen LogP contribution in [0.5, 0.6) is 0 Å². The Hall–Kier alpha value is -3.49. The predicted octanol–water partition coefficient (Wildman–Crippen LogP) is 3.94. The zero-order valence-electron chi connectivity index (χ0n) is 19.4. The predicted molar refractivity (Wildman–Crippen MR) is 130 cm³/mol. The Balaban J connectivity index is 1.51. The molecule has 0 unspecified atom stereocenters. The van der Waals surface area contributed by atoms with Gasteiger partial charge in [0.1, 0.15) is 6.61 Å². The lowest BCUT2D eigenvalue weighted by Gasteiger charge is -2.39. The van der Waals surface area contributed by atoms with Gasteiger partial charge < -0.3 is 9.47 Å². The molecule has 1 saturated heterocycles. The Kier molecular flexibility index (Phi) is 7.33. The third-order valence-electron chi connectivity index (χ3n) is 6.42. The molecule has 0 N–H and O–H groups in total. The first kappa shape index (κ1) is 24.6. The van der Waals surface area contributed by atoms with Crippen molar-refractivity contribution in [2.75, 3.05) is 20.2 Å². The summed E-state index contributed by atoms with van der Waals surface area (Å²) in [6, 6.07) is 24.3. The highest BCUT2D eigenvalue weighted by atomic mass is 32.2. The number of methoxy groups -OCH3 is 1. The second-order valence-electron chi connectivity index (χ2n) is 8.43. The smallest absolute Gasteiger partial charge is 0.337 e. The lowest BCUT2D eigenvalue weighted by molar-refractivity contribution is -0.153. The van der Waals surface area contributed by atoms with Gasteiger partial charge in [0.15, 0.2) is 0 Å². The van der Waals surface area contributed by atoms with Crippen molar-refractivity contribution >= 4 is 22.0 Å². The van der Waals surface area contributed by atoms with Crippen molar-refractivity contribution in [2.45, 2.75) is 29.8 Å². The van der Waals surface area contributed by atoms with Crippen LogP contribution in [0.2, 0.25) is 0 Å². The van der Waals surface area contributed by atoms with E-state index in [0.29, 0.717) is 18.4 Å². The first-order valence-electron chi connectivity index (χ1n) is 11.3. The van der Waals surface area contributed by atoms with Crippen LogP contribution in [0.25, 0.3) is 0 Å². The Bertz CT molecular complexity index is 1270. The fraction of sp³-hybridized carbons (Fsp3) is 0.259. The Morgan fingerprint density at radius 2 is 1.43 bits per heavy atom. The molecule has 1 aliphatic heterocycles. The third-order valence-corrected chi connectivity index (χ3v) is 8.33. The molecule has 1 heterocycles. The summed E-state index contributed by atoms with van der Waals surface area (Å²) in [4.78, 5) is 25.3. The van der Waals surface area contributed by atoms with Crippen molar-refractivity contribution < 1.29 is 27.5 Å². The monoisotopic (exact) mass is 493 g/mol. The molecule has 3 aromatic carbocycles. The minimum Gasteiger partial charge on any atom is -0.465 e. The maximum absolute atomic E-state index is 13.5. The number of nitrogens with zero attached hydrogens (tertiary/aromatic N) is 1. The van der Waals surface area contributed by atoms with Gasteiger partial charge in [0, 0.05) is 13.1 Å². The van der Waals surface area contributed by atoms with Crippen LogP contribution in [-0.4, -0.2) is 44.9 Å². The van der Waals surface area contributed by atoms with Crippen LogP contribution in [0.15, 0.2) is 89.8 Å². The van der Waals surface area contributed by atoms with Gasteiger partial charge in [-0.15, -0.1) is 0 Å². The van der Waals surface area contributed by atoms with E-state index in [1.54, 1.807) is 54.6 Å². The average molecular weight is 494 g/mol. The van der Waals surface area contributed by atoms with E-state index < -0.39 is 27.4 Å². The van der Waals surface area contributed by atoms with Gasteiger partial charge in [0.2, 0.25) is 10.0 Å². The molecular weight excluding hydrogens is 466 g/mol. The van der Waals surface area contributed by atoms with Gasteiger partial charge in [-0.05, 0) is 48.2 Å². The summed E-state index contributed by atoms with van der Waals surface area (Å²) in [5.74, 6) is -0.828. The fourth-order valence-corrected chi connectivity index (χ4v) is 5.82. The maximum Gasteiger partial charge on any atom is 0.337 e. The molecule has 0 aliphatic carbocycles. The highest BCUT2D eigenvalue weighted by Crippen LogP contribution is 2.38. The highest BCUT2D eigenvalue weighted by molar-refractivity contribution is 7.89. The van der Waals surface area contributed by atoms with Gasteiger partial charge in [-0.3, -0.25) is 4.79 Å². The molecule has 0 amide bonds. The zero-order valence-corrected chi connectivity index (χ0v) is 20.2. The van der Waals surface area contributed by atoms with Gasteiger partial charge in [-0.25, -0.2) is 13.2 Å². The summed E-state index contributed by atoms with van der Waals surface area (Å²) < 4.78 is 38.1. The summed E-state index contributed by atoms with van der Waals surface area (Å²) in [6.07, 6.45) is 0.617. The molecule has 3 aromatic rings. The van der Waals surface area contributed by atoms with E-state index in [1.165, 1.54) is 11.4 Å². The average Bonchev–Trinajstić information content (AvgIpc) is 2.92. The van der Waals surface area contributed by atoms with E-state index in [4.69, 9.17) is 9.47 Å². The number of hydrogen-bond acceptors (Lipinski definition) is 6. The van der Waals surface area contributed by atoms with Crippen molar-refractivity contribution in [3.05, 3.63) is 102 Å². The van der Waals surface area contributed by atoms with Crippen molar-refractivity contribution in [3.63, 3.8) is 0 Å². The number of carbonyl (C=O) groups is 2. The van der Waals surface area contributed by atoms with E-state index in [9.17, 15) is 18.0 Å². The largest absolute Gasteiger partial charge is 0.465 e. The first-order valence-corrected chi connectivity index (χ1v) is 12.8. The molecular formula is C27H27NO6S. The summed E-state index contributed by atoms with van der Waals surface area (Å²) in [7, 11) is -2.33. The van der Waals surface area contributed by atoms with Gasteiger partial charge in [0.05, 0.1) is 23.0 Å². The van der Waals surface area contributed by atoms with Crippen molar-refractivity contribution in [1.29, 1.82) is 0 Å². The standard InChI is InChI=1S/C27H27NO6S/c1-33-25(29)22-14-12-21(13-15-22)20-34-26(30)27(23-8-4-2-5-9-23)16-18-28(19-17-27)35(31,32)24-10-6-3-7-11-24/h2-15H,16-20H2,1H3. The van der Waals surface area contributed by atoms with Crippen LogP contribution < -0.4 is 0 Å². The Morgan fingerprint density at radius 1 is 0.857 bits per heavy atom. The van der Waals surface area contributed by atoms with E-state index in [1.807, 2.05) is 30.3 Å². The van der Waals surface area contributed by atoms with Crippen molar-refractivity contribution in [2.24, 2.45) is 0 Å². The Morgan fingerprint density at radius 3 is 2.00 bits per heavy atom. The molecule has 7 nitrogen and oxygen atoms in total. The molecule has 8 heteroatoms. The zero-order chi connectivity index (χ0) is 24.9. The number of sulfonamides is 1. The third kappa shape index (κ3) is 5.13. The molecule has 1 fully saturated rings. The summed E-state index contributed by atoms with van der Waals surface area (Å²) in [5.41, 5.74) is 1.01. The summed E-state index contributed by atoms with van der Waals surface area (Å²) >= 11 is 0.